The van der Waals surface area contributed by atoms with Crippen LogP contribution in [0.25, 0.3) is 10.8 Å². The first-order valence-corrected chi connectivity index (χ1v) is 10.7. The van der Waals surface area contributed by atoms with Crippen LogP contribution in [0.2, 0.25) is 10.0 Å². The van der Waals surface area contributed by atoms with Gasteiger partial charge < -0.3 is 5.73 Å². The summed E-state index contributed by atoms with van der Waals surface area (Å²) >= 11 is 15.4. The number of nitrogens with two attached hydrogens (primary N) is 1. The molecule has 0 spiro atoms. The van der Waals surface area contributed by atoms with Crippen LogP contribution in [0, 0.1) is 0 Å². The van der Waals surface area contributed by atoms with E-state index in [1.807, 2.05) is 60.7 Å². The first kappa shape index (κ1) is 18.6. The van der Waals surface area contributed by atoms with Gasteiger partial charge in [0.25, 0.3) is 0 Å². The highest BCUT2D eigenvalue weighted by atomic mass is 35.5. The number of nitrogen functional groups attached to an aromatic ring is 1. The molecule has 134 valence electrons. The Bertz CT molecular complexity index is 1090. The number of anilines is 1. The molecule has 4 aromatic carbocycles. The summed E-state index contributed by atoms with van der Waals surface area (Å²) in [6, 6.07) is 26.1. The Kier molecular flexibility index (Phi) is 5.55. The van der Waals surface area contributed by atoms with Crippen LogP contribution >= 0.6 is 46.7 Å². The predicted octanol–water partition coefficient (Wildman–Crippen LogP) is 8.03. The van der Waals surface area contributed by atoms with Crippen molar-refractivity contribution in [1.29, 1.82) is 0 Å². The van der Waals surface area contributed by atoms with Gasteiger partial charge in [-0.25, -0.2) is 0 Å². The maximum absolute atomic E-state index is 6.51. The number of hydrogen-bond donors (Lipinski definition) is 1. The lowest BCUT2D eigenvalue weighted by atomic mass is 10.1. The molecule has 0 atom stereocenters. The van der Waals surface area contributed by atoms with Gasteiger partial charge in [0.15, 0.2) is 0 Å². The fourth-order valence-electron chi connectivity index (χ4n) is 2.77. The molecule has 0 heterocycles. The Morgan fingerprint density at radius 3 is 1.63 bits per heavy atom. The minimum absolute atomic E-state index is 0.727. The van der Waals surface area contributed by atoms with Gasteiger partial charge in [0, 0.05) is 35.0 Å². The second-order valence-corrected chi connectivity index (χ2v) is 9.05. The van der Waals surface area contributed by atoms with E-state index in [9.17, 15) is 0 Å². The molecule has 27 heavy (non-hydrogen) atoms. The Hall–Kier alpha value is -1.78. The van der Waals surface area contributed by atoms with E-state index in [0.717, 1.165) is 41.2 Å². The zero-order valence-electron chi connectivity index (χ0n) is 14.2. The zero-order valence-corrected chi connectivity index (χ0v) is 17.3. The molecule has 0 bridgehead atoms. The molecule has 4 rings (SSSR count). The fraction of sp³-hybridized carbons (Fsp3) is 0. The average molecular weight is 428 g/mol. The summed E-state index contributed by atoms with van der Waals surface area (Å²) in [4.78, 5) is 4.44. The number of hydrogen-bond acceptors (Lipinski definition) is 3. The van der Waals surface area contributed by atoms with Crippen LogP contribution in [0.5, 0.6) is 0 Å². The summed E-state index contributed by atoms with van der Waals surface area (Å²) in [5, 5.41) is 3.67. The number of benzene rings is 4. The molecule has 1 nitrogen and oxygen atoms in total. The van der Waals surface area contributed by atoms with E-state index in [1.54, 1.807) is 23.5 Å². The van der Waals surface area contributed by atoms with Crippen LogP contribution in [-0.2, 0) is 0 Å². The van der Waals surface area contributed by atoms with Crippen molar-refractivity contribution in [3.8, 4) is 0 Å². The third-order valence-electron chi connectivity index (χ3n) is 4.09. The summed E-state index contributed by atoms with van der Waals surface area (Å²) in [7, 11) is 0. The molecule has 2 N–H and O–H groups in total. The molecule has 0 radical (unpaired) electrons. The Morgan fingerprint density at radius 1 is 0.593 bits per heavy atom. The van der Waals surface area contributed by atoms with Gasteiger partial charge in [-0.3, -0.25) is 0 Å². The molecule has 0 aliphatic heterocycles. The lowest BCUT2D eigenvalue weighted by Gasteiger charge is -2.14. The van der Waals surface area contributed by atoms with Gasteiger partial charge in [0.05, 0.1) is 5.69 Å². The van der Waals surface area contributed by atoms with Crippen molar-refractivity contribution in [3.63, 3.8) is 0 Å². The third kappa shape index (κ3) is 4.22. The van der Waals surface area contributed by atoms with Crippen LogP contribution in [0.3, 0.4) is 0 Å². The second-order valence-electron chi connectivity index (χ2n) is 5.94. The Morgan fingerprint density at radius 2 is 1.07 bits per heavy atom. The highest BCUT2D eigenvalue weighted by Crippen LogP contribution is 2.43. The van der Waals surface area contributed by atoms with E-state index < -0.39 is 0 Å². The normalized spacial score (nSPS) is 11.0. The molecule has 0 unspecified atom stereocenters. The first-order valence-electron chi connectivity index (χ1n) is 8.28. The van der Waals surface area contributed by atoms with Gasteiger partial charge >= 0.3 is 0 Å². The number of fused-ring (bicyclic) bond motifs is 1. The van der Waals surface area contributed by atoms with Crippen LogP contribution in [0.1, 0.15) is 0 Å². The summed E-state index contributed by atoms with van der Waals surface area (Å²) in [6.45, 7) is 0. The predicted molar refractivity (Wildman–Crippen MR) is 120 cm³/mol. The molecule has 0 fully saturated rings. The van der Waals surface area contributed by atoms with E-state index in [1.165, 1.54) is 4.90 Å². The molecule has 0 aliphatic carbocycles. The first-order chi connectivity index (χ1) is 13.1. The summed E-state index contributed by atoms with van der Waals surface area (Å²) < 4.78 is 0. The molecule has 5 heteroatoms. The van der Waals surface area contributed by atoms with Gasteiger partial charge in [0.1, 0.15) is 0 Å². The molecule has 0 saturated heterocycles. The highest BCUT2D eigenvalue weighted by molar-refractivity contribution is 8.00. The van der Waals surface area contributed by atoms with Gasteiger partial charge in [-0.1, -0.05) is 71.0 Å². The number of rotatable bonds is 4. The maximum Gasteiger partial charge on any atom is 0.0536 e. The largest absolute Gasteiger partial charge is 0.397 e. The van der Waals surface area contributed by atoms with Crippen LogP contribution < -0.4 is 5.73 Å². The van der Waals surface area contributed by atoms with Gasteiger partial charge in [-0.05, 0) is 60.0 Å². The van der Waals surface area contributed by atoms with E-state index in [2.05, 4.69) is 18.2 Å². The van der Waals surface area contributed by atoms with Gasteiger partial charge in [-0.15, -0.1) is 0 Å². The molecule has 0 amide bonds. The van der Waals surface area contributed by atoms with Crippen molar-refractivity contribution < 1.29 is 0 Å². The topological polar surface area (TPSA) is 26.0 Å². The lowest BCUT2D eigenvalue weighted by molar-refractivity contribution is 1.36. The van der Waals surface area contributed by atoms with Crippen molar-refractivity contribution in [2.75, 3.05) is 5.73 Å². The van der Waals surface area contributed by atoms with Crippen molar-refractivity contribution >= 4 is 63.2 Å². The molecule has 4 aromatic rings. The van der Waals surface area contributed by atoms with Crippen molar-refractivity contribution in [1.82, 2.24) is 0 Å². The summed E-state index contributed by atoms with van der Waals surface area (Å²) in [5.74, 6) is 0. The quantitative estimate of drug-likeness (QED) is 0.333. The highest BCUT2D eigenvalue weighted by Gasteiger charge is 2.12. The maximum atomic E-state index is 6.51. The molecular weight excluding hydrogens is 413 g/mol. The van der Waals surface area contributed by atoms with Crippen LogP contribution in [0.4, 0.5) is 5.69 Å². The van der Waals surface area contributed by atoms with Crippen LogP contribution in [0.15, 0.2) is 98.4 Å². The van der Waals surface area contributed by atoms with E-state index >= 15 is 0 Å². The SMILES string of the molecule is Nc1c(Sc2ccc(Cl)cc2)cc(Sc2ccc(Cl)cc2)c2ccccc12. The monoisotopic (exact) mass is 427 g/mol. The summed E-state index contributed by atoms with van der Waals surface area (Å²) in [5.41, 5.74) is 7.30. The molecule has 0 saturated carbocycles. The second kappa shape index (κ2) is 8.07. The van der Waals surface area contributed by atoms with E-state index in [-0.39, 0.29) is 0 Å². The van der Waals surface area contributed by atoms with Gasteiger partial charge in [0.2, 0.25) is 0 Å². The standard InChI is InChI=1S/C22H15Cl2NS2/c23-14-5-9-16(10-6-14)26-20-13-21(27-17-11-7-15(24)8-12-17)22(25)19-4-2-1-3-18(19)20/h1-13H,25H2. The fourth-order valence-corrected chi connectivity index (χ4v) is 5.01. The molecule has 0 aliphatic rings. The summed E-state index contributed by atoms with van der Waals surface area (Å²) in [6.07, 6.45) is 0. The molecule has 0 aromatic heterocycles. The van der Waals surface area contributed by atoms with Gasteiger partial charge in [-0.2, -0.15) is 0 Å². The van der Waals surface area contributed by atoms with Crippen LogP contribution in [-0.4, -0.2) is 0 Å². The van der Waals surface area contributed by atoms with Crippen molar-refractivity contribution in [2.45, 2.75) is 19.6 Å². The minimum atomic E-state index is 0.727. The Balaban J connectivity index is 1.78. The smallest absolute Gasteiger partial charge is 0.0536 e. The number of halogens is 2. The lowest BCUT2D eigenvalue weighted by Crippen LogP contribution is -1.92. The third-order valence-corrected chi connectivity index (χ3v) is 6.73. The van der Waals surface area contributed by atoms with E-state index in [4.69, 9.17) is 28.9 Å². The van der Waals surface area contributed by atoms with E-state index in [0.29, 0.717) is 0 Å². The zero-order chi connectivity index (χ0) is 18.8. The Labute approximate surface area is 176 Å². The average Bonchev–Trinajstić information content (AvgIpc) is 2.69. The van der Waals surface area contributed by atoms with Crippen molar-refractivity contribution in [3.05, 3.63) is 88.9 Å². The van der Waals surface area contributed by atoms with Crippen molar-refractivity contribution in [2.24, 2.45) is 0 Å². The molecular formula is C22H15Cl2NS2. The minimum Gasteiger partial charge on any atom is -0.397 e.